The molecule has 1 rings (SSSR count). The second kappa shape index (κ2) is 8.26. The summed E-state index contributed by atoms with van der Waals surface area (Å²) in [5.74, 6) is -3.99. The number of esters is 1. The van der Waals surface area contributed by atoms with Crippen molar-refractivity contribution in [2.75, 3.05) is 20.8 Å². The maximum atomic E-state index is 12.4. The fourth-order valence-corrected chi connectivity index (χ4v) is 5.74. The van der Waals surface area contributed by atoms with Gasteiger partial charge in [0, 0.05) is 4.88 Å². The van der Waals surface area contributed by atoms with Crippen LogP contribution in [-0.4, -0.2) is 31.2 Å². The smallest absolute Gasteiger partial charge is 0.413 e. The van der Waals surface area contributed by atoms with Gasteiger partial charge in [-0.2, -0.15) is 4.37 Å². The van der Waals surface area contributed by atoms with Gasteiger partial charge in [0.1, 0.15) is 28.9 Å². The minimum atomic E-state index is -3.39. The molecule has 0 amide bonds. The zero-order valence-corrected chi connectivity index (χ0v) is 14.6. The topological polar surface area (TPSA) is 84.0 Å². The molecule has 0 aliphatic heterocycles. The van der Waals surface area contributed by atoms with Crippen LogP contribution in [0.2, 0.25) is 0 Å². The fraction of sp³-hybridized carbons (Fsp3) is 0.556. The predicted molar refractivity (Wildman–Crippen MR) is 80.2 cm³/mol. The van der Waals surface area contributed by atoms with E-state index in [1.54, 1.807) is 13.8 Å². The first-order valence-electron chi connectivity index (χ1n) is 5.35. The fourth-order valence-electron chi connectivity index (χ4n) is 1.18. The van der Waals surface area contributed by atoms with E-state index in [0.29, 0.717) is 28.2 Å². The normalized spacial score (nSPS) is 11.4. The molecule has 20 heavy (non-hydrogen) atoms. The van der Waals surface area contributed by atoms with E-state index in [1.807, 2.05) is 0 Å². The highest BCUT2D eigenvalue weighted by molar-refractivity contribution is 8.87. The Bertz CT molecular complexity index is 498. The molecule has 0 N–H and O–H groups in total. The van der Waals surface area contributed by atoms with Crippen LogP contribution in [-0.2, 0) is 17.7 Å². The molecule has 114 valence electrons. The number of carbonyl (C=O) groups is 1. The lowest BCUT2D eigenvalue weighted by Crippen LogP contribution is -2.06. The van der Waals surface area contributed by atoms with Crippen molar-refractivity contribution in [2.45, 2.75) is 13.8 Å². The molecular weight excluding hydrogens is 345 g/mol. The lowest BCUT2D eigenvalue weighted by Gasteiger charge is -2.13. The number of hydrogen-bond donors (Lipinski definition) is 0. The summed E-state index contributed by atoms with van der Waals surface area (Å²) in [6, 6.07) is 0. The van der Waals surface area contributed by atoms with Crippen LogP contribution in [0.5, 0.6) is 5.88 Å². The van der Waals surface area contributed by atoms with Gasteiger partial charge in [-0.1, -0.05) is 0 Å². The molecule has 1 aromatic heterocycles. The second-order valence-corrected chi connectivity index (χ2v) is 10.7. The molecule has 0 fully saturated rings. The third-order valence-electron chi connectivity index (χ3n) is 1.84. The van der Waals surface area contributed by atoms with Crippen LogP contribution in [0, 0.1) is 6.92 Å². The Hall–Kier alpha value is -0.250. The summed E-state index contributed by atoms with van der Waals surface area (Å²) in [4.78, 5) is 12.5. The average molecular weight is 359 g/mol. The van der Waals surface area contributed by atoms with Gasteiger partial charge < -0.3 is 17.6 Å². The highest BCUT2D eigenvalue weighted by Crippen LogP contribution is 2.69. The monoisotopic (exact) mass is 359 g/mol. The standard InChI is InChI=1S/C9H14NO6PS3/c1-5-15-9(11)7-6(2)18-10-8(7)16-17(12,19-13-3)20-14-4/h5H2,1-4H3. The summed E-state index contributed by atoms with van der Waals surface area (Å²) in [7, 11) is 2.71. The molecule has 0 radical (unpaired) electrons. The Kier molecular flexibility index (Phi) is 7.35. The van der Waals surface area contributed by atoms with Crippen molar-refractivity contribution in [3.8, 4) is 5.88 Å². The number of nitrogens with zero attached hydrogens (tertiary/aromatic N) is 1. The largest absolute Gasteiger partial charge is 0.462 e. The Morgan fingerprint density at radius 3 is 2.45 bits per heavy atom. The zero-order chi connectivity index (χ0) is 15.2. The molecule has 0 atom stereocenters. The minimum absolute atomic E-state index is 0.0385. The van der Waals surface area contributed by atoms with E-state index in [0.717, 1.165) is 11.5 Å². The van der Waals surface area contributed by atoms with Crippen LogP contribution >= 0.6 is 40.6 Å². The summed E-state index contributed by atoms with van der Waals surface area (Å²) in [5, 5.41) is 0. The van der Waals surface area contributed by atoms with Gasteiger partial charge in [0.05, 0.1) is 20.8 Å². The Balaban J connectivity index is 3.02. The summed E-state index contributed by atoms with van der Waals surface area (Å²) >= 11 is 2.31. The van der Waals surface area contributed by atoms with Crippen LogP contribution in [0.25, 0.3) is 0 Å². The Morgan fingerprint density at radius 2 is 1.95 bits per heavy atom. The Morgan fingerprint density at radius 1 is 1.35 bits per heavy atom. The maximum absolute atomic E-state index is 12.4. The third kappa shape index (κ3) is 4.64. The van der Waals surface area contributed by atoms with E-state index in [9.17, 15) is 9.36 Å². The van der Waals surface area contributed by atoms with Gasteiger partial charge in [-0.15, -0.1) is 0 Å². The molecule has 1 heterocycles. The number of aromatic nitrogens is 1. The summed E-state index contributed by atoms with van der Waals surface area (Å²) in [5.41, 5.74) is 0.172. The predicted octanol–water partition coefficient (Wildman–Crippen LogP) is 3.70. The van der Waals surface area contributed by atoms with Crippen molar-refractivity contribution in [3.05, 3.63) is 10.4 Å². The lowest BCUT2D eigenvalue weighted by molar-refractivity contribution is 0.0524. The van der Waals surface area contributed by atoms with Gasteiger partial charge in [0.2, 0.25) is 5.88 Å². The molecule has 0 spiro atoms. The van der Waals surface area contributed by atoms with Crippen LogP contribution in [0.3, 0.4) is 0 Å². The number of carbonyl (C=O) groups excluding carboxylic acids is 1. The van der Waals surface area contributed by atoms with Gasteiger partial charge >= 0.3 is 11.7 Å². The first-order valence-corrected chi connectivity index (χ1v) is 10.4. The first-order chi connectivity index (χ1) is 9.47. The SMILES string of the molecule is CCOC(=O)c1c(OP(=O)(SOC)SOC)nsc1C. The van der Waals surface area contributed by atoms with Crippen molar-refractivity contribution >= 4 is 46.6 Å². The molecule has 0 unspecified atom stereocenters. The van der Waals surface area contributed by atoms with Crippen LogP contribution in [0.4, 0.5) is 0 Å². The molecule has 0 aliphatic rings. The molecular formula is C9H14NO6PS3. The van der Waals surface area contributed by atoms with Crippen LogP contribution < -0.4 is 4.52 Å². The average Bonchev–Trinajstić information content (AvgIpc) is 2.71. The van der Waals surface area contributed by atoms with E-state index in [2.05, 4.69) is 4.37 Å². The van der Waals surface area contributed by atoms with E-state index in [1.165, 1.54) is 14.2 Å². The molecule has 0 saturated heterocycles. The number of hydrogen-bond acceptors (Lipinski definition) is 10. The molecule has 0 aliphatic carbocycles. The van der Waals surface area contributed by atoms with Gasteiger partial charge in [-0.3, -0.25) is 0 Å². The summed E-state index contributed by atoms with van der Waals surface area (Å²) in [6.07, 6.45) is 0. The van der Waals surface area contributed by atoms with Crippen molar-refractivity contribution in [1.82, 2.24) is 4.37 Å². The van der Waals surface area contributed by atoms with Gasteiger partial charge in [0.25, 0.3) is 0 Å². The second-order valence-electron chi connectivity index (χ2n) is 3.16. The van der Waals surface area contributed by atoms with E-state index < -0.39 is 11.7 Å². The molecule has 0 aromatic carbocycles. The van der Waals surface area contributed by atoms with Crippen molar-refractivity contribution in [1.29, 1.82) is 0 Å². The number of rotatable bonds is 8. The van der Waals surface area contributed by atoms with Crippen molar-refractivity contribution in [3.63, 3.8) is 0 Å². The molecule has 7 nitrogen and oxygen atoms in total. The van der Waals surface area contributed by atoms with E-state index >= 15 is 0 Å². The maximum Gasteiger partial charge on any atom is 0.413 e. The first kappa shape index (κ1) is 17.8. The summed E-state index contributed by atoms with van der Waals surface area (Å²) < 4.78 is 36.2. The van der Waals surface area contributed by atoms with Gasteiger partial charge in [-0.05, 0) is 25.4 Å². The van der Waals surface area contributed by atoms with Gasteiger partial charge in [0.15, 0.2) is 0 Å². The van der Waals surface area contributed by atoms with Crippen molar-refractivity contribution in [2.24, 2.45) is 0 Å². The van der Waals surface area contributed by atoms with Crippen LogP contribution in [0.15, 0.2) is 0 Å². The highest BCUT2D eigenvalue weighted by atomic mass is 33.1. The number of ether oxygens (including phenoxy) is 1. The molecule has 0 bridgehead atoms. The lowest BCUT2D eigenvalue weighted by atomic mass is 10.3. The summed E-state index contributed by atoms with van der Waals surface area (Å²) in [6.45, 7) is 3.62. The number of aryl methyl sites for hydroxylation is 1. The third-order valence-corrected chi connectivity index (χ3v) is 7.17. The zero-order valence-electron chi connectivity index (χ0n) is 11.3. The molecule has 1 aromatic rings. The van der Waals surface area contributed by atoms with Gasteiger partial charge in [-0.25, -0.2) is 9.36 Å². The molecule has 11 heteroatoms. The van der Waals surface area contributed by atoms with E-state index in [4.69, 9.17) is 17.6 Å². The van der Waals surface area contributed by atoms with Crippen LogP contribution in [0.1, 0.15) is 22.2 Å². The molecule has 0 saturated carbocycles. The Labute approximate surface area is 129 Å². The van der Waals surface area contributed by atoms with Crippen molar-refractivity contribution < 1.29 is 27.0 Å². The quantitative estimate of drug-likeness (QED) is 0.392. The highest BCUT2D eigenvalue weighted by Gasteiger charge is 2.33. The minimum Gasteiger partial charge on any atom is -0.462 e. The van der Waals surface area contributed by atoms with E-state index in [-0.39, 0.29) is 18.1 Å².